The number of nitrogens with one attached hydrogen (secondary N) is 2. The number of hydrogen-bond donors (Lipinski definition) is 2. The lowest BCUT2D eigenvalue weighted by molar-refractivity contribution is 0.0952. The molecule has 3 heterocycles. The Labute approximate surface area is 189 Å². The van der Waals surface area contributed by atoms with Gasteiger partial charge in [0.05, 0.1) is 33.0 Å². The first-order valence-corrected chi connectivity index (χ1v) is 12.3. The van der Waals surface area contributed by atoms with Gasteiger partial charge in [0, 0.05) is 11.4 Å². The van der Waals surface area contributed by atoms with Crippen LogP contribution in [-0.2, 0) is 22.3 Å². The number of pyridine rings is 1. The zero-order valence-electron chi connectivity index (χ0n) is 17.8. The average Bonchev–Trinajstić information content (AvgIpc) is 3.38. The number of benzene rings is 1. The van der Waals surface area contributed by atoms with Crippen molar-refractivity contribution in [3.05, 3.63) is 69.7 Å². The summed E-state index contributed by atoms with van der Waals surface area (Å²) in [4.78, 5) is 19.8. The van der Waals surface area contributed by atoms with Gasteiger partial charge in [-0.1, -0.05) is 29.4 Å². The largest absolute Gasteiger partial charge is 0.348 e. The number of carbonyl (C=O) groups excluding carboxylic acids is 1. The first kappa shape index (κ1) is 22.1. The summed E-state index contributed by atoms with van der Waals surface area (Å²) in [5.74, 6) is -0.480. The summed E-state index contributed by atoms with van der Waals surface area (Å²) < 4.78 is 31.6. The molecule has 8 nitrogen and oxygen atoms in total. The van der Waals surface area contributed by atoms with E-state index in [0.717, 1.165) is 15.3 Å². The van der Waals surface area contributed by atoms with Crippen LogP contribution in [-0.4, -0.2) is 31.5 Å². The van der Waals surface area contributed by atoms with E-state index in [2.05, 4.69) is 20.2 Å². The maximum atomic E-state index is 13.2. The number of amides is 1. The summed E-state index contributed by atoms with van der Waals surface area (Å²) in [6, 6.07) is 12.8. The molecule has 1 aromatic carbocycles. The highest BCUT2D eigenvalue weighted by atomic mass is 32.2. The summed E-state index contributed by atoms with van der Waals surface area (Å²) in [6.07, 6.45) is 0. The van der Waals surface area contributed by atoms with Gasteiger partial charge in [0.15, 0.2) is 0 Å². The molecule has 0 spiro atoms. The quantitative estimate of drug-likeness (QED) is 0.427. The Bertz CT molecular complexity index is 1410. The number of nitrogens with zero attached hydrogens (tertiary/aromatic N) is 2. The van der Waals surface area contributed by atoms with E-state index in [1.165, 1.54) is 7.05 Å². The smallest absolute Gasteiger partial charge is 0.259 e. The van der Waals surface area contributed by atoms with E-state index in [-0.39, 0.29) is 18.2 Å². The van der Waals surface area contributed by atoms with Crippen LogP contribution in [0.3, 0.4) is 0 Å². The van der Waals surface area contributed by atoms with E-state index in [1.54, 1.807) is 42.5 Å². The van der Waals surface area contributed by atoms with E-state index in [1.807, 2.05) is 25.1 Å². The first-order valence-electron chi connectivity index (χ1n) is 9.87. The van der Waals surface area contributed by atoms with E-state index in [0.29, 0.717) is 33.6 Å². The number of thiophene rings is 1. The highest BCUT2D eigenvalue weighted by molar-refractivity contribution is 7.88. The molecule has 166 valence electrons. The van der Waals surface area contributed by atoms with Crippen LogP contribution in [0.5, 0.6) is 0 Å². The molecular formula is C22H22N4O4S2. The number of sulfonamides is 1. The second-order valence-electron chi connectivity index (χ2n) is 7.33. The van der Waals surface area contributed by atoms with E-state index in [4.69, 9.17) is 4.52 Å². The third-order valence-electron chi connectivity index (χ3n) is 5.07. The van der Waals surface area contributed by atoms with Crippen LogP contribution in [0.2, 0.25) is 0 Å². The molecule has 4 rings (SSSR count). The molecule has 0 aliphatic carbocycles. The predicted octanol–water partition coefficient (Wildman–Crippen LogP) is 3.55. The van der Waals surface area contributed by atoms with E-state index >= 15 is 0 Å². The average molecular weight is 471 g/mol. The minimum Gasteiger partial charge on any atom is -0.348 e. The van der Waals surface area contributed by atoms with Crippen molar-refractivity contribution in [2.75, 3.05) is 7.05 Å². The fourth-order valence-electron chi connectivity index (χ4n) is 3.39. The number of fused-ring (bicyclic) bond motifs is 1. The van der Waals surface area contributed by atoms with Gasteiger partial charge in [-0.3, -0.25) is 4.79 Å². The highest BCUT2D eigenvalue weighted by Gasteiger charge is 2.20. The molecular weight excluding hydrogens is 448 g/mol. The SMILES string of the molecule is CNS(=O)(=O)Cc1ccccc1CNC(=O)c1cc(-c2ccc(C)s2)nc2onc(C)c12. The maximum Gasteiger partial charge on any atom is 0.259 e. The molecule has 0 saturated carbocycles. The summed E-state index contributed by atoms with van der Waals surface area (Å²) >= 11 is 1.58. The Hall–Kier alpha value is -3.08. The first-order chi connectivity index (χ1) is 15.3. The summed E-state index contributed by atoms with van der Waals surface area (Å²) in [7, 11) is -2.06. The minimum atomic E-state index is -3.44. The van der Waals surface area contributed by atoms with Crippen LogP contribution in [0.4, 0.5) is 0 Å². The van der Waals surface area contributed by atoms with Crippen molar-refractivity contribution in [2.45, 2.75) is 26.1 Å². The van der Waals surface area contributed by atoms with Gasteiger partial charge < -0.3 is 9.84 Å². The van der Waals surface area contributed by atoms with Crippen LogP contribution in [0.1, 0.15) is 32.1 Å². The second-order valence-corrected chi connectivity index (χ2v) is 10.5. The molecule has 0 aliphatic rings. The third-order valence-corrected chi connectivity index (χ3v) is 7.41. The Balaban J connectivity index is 1.65. The number of carbonyl (C=O) groups is 1. The van der Waals surface area contributed by atoms with Crippen molar-refractivity contribution < 1.29 is 17.7 Å². The molecule has 3 aromatic heterocycles. The Kier molecular flexibility index (Phi) is 6.09. The Morgan fingerprint density at radius 3 is 2.56 bits per heavy atom. The lowest BCUT2D eigenvalue weighted by Gasteiger charge is -2.12. The zero-order chi connectivity index (χ0) is 22.9. The van der Waals surface area contributed by atoms with Crippen LogP contribution in [0.25, 0.3) is 21.7 Å². The molecule has 0 aliphatic heterocycles. The van der Waals surface area contributed by atoms with Gasteiger partial charge in [-0.2, -0.15) is 0 Å². The van der Waals surface area contributed by atoms with Gasteiger partial charge in [-0.25, -0.2) is 18.1 Å². The zero-order valence-corrected chi connectivity index (χ0v) is 19.4. The predicted molar refractivity (Wildman–Crippen MR) is 124 cm³/mol. The standard InChI is InChI=1S/C22H22N4O4S2/c1-13-8-9-19(31-13)18-10-17(20-14(2)26-30-22(20)25-18)21(27)24-11-15-6-4-5-7-16(15)12-32(28,29)23-3/h4-10,23H,11-12H2,1-3H3,(H,24,27). The maximum absolute atomic E-state index is 13.2. The molecule has 0 bridgehead atoms. The van der Waals surface area contributed by atoms with E-state index < -0.39 is 10.0 Å². The van der Waals surface area contributed by atoms with Gasteiger partial charge >= 0.3 is 0 Å². The van der Waals surface area contributed by atoms with Crippen LogP contribution in [0.15, 0.2) is 47.0 Å². The van der Waals surface area contributed by atoms with Gasteiger partial charge in [0.2, 0.25) is 10.0 Å². The summed E-state index contributed by atoms with van der Waals surface area (Å²) in [6.45, 7) is 3.94. The lowest BCUT2D eigenvalue weighted by atomic mass is 10.1. The van der Waals surface area contributed by atoms with Gasteiger partial charge in [0.25, 0.3) is 11.6 Å². The summed E-state index contributed by atoms with van der Waals surface area (Å²) in [5.41, 5.74) is 3.27. The summed E-state index contributed by atoms with van der Waals surface area (Å²) in [5, 5.41) is 7.44. The van der Waals surface area contributed by atoms with Crippen LogP contribution >= 0.6 is 11.3 Å². The molecule has 0 unspecified atom stereocenters. The highest BCUT2D eigenvalue weighted by Crippen LogP contribution is 2.31. The molecule has 32 heavy (non-hydrogen) atoms. The van der Waals surface area contributed by atoms with Crippen molar-refractivity contribution in [3.8, 4) is 10.6 Å². The normalized spacial score (nSPS) is 11.7. The molecule has 0 fully saturated rings. The Morgan fingerprint density at radius 1 is 1.12 bits per heavy atom. The van der Waals surface area contributed by atoms with E-state index in [9.17, 15) is 13.2 Å². The Morgan fingerprint density at radius 2 is 1.88 bits per heavy atom. The van der Waals surface area contributed by atoms with Crippen molar-refractivity contribution in [2.24, 2.45) is 0 Å². The third kappa shape index (κ3) is 4.57. The van der Waals surface area contributed by atoms with Gasteiger partial charge in [-0.05, 0) is 50.2 Å². The van der Waals surface area contributed by atoms with Crippen molar-refractivity contribution in [1.82, 2.24) is 20.2 Å². The van der Waals surface area contributed by atoms with Crippen molar-refractivity contribution in [1.29, 1.82) is 0 Å². The van der Waals surface area contributed by atoms with Crippen molar-refractivity contribution in [3.63, 3.8) is 0 Å². The fraction of sp³-hybridized carbons (Fsp3) is 0.227. The number of aryl methyl sites for hydroxylation is 2. The molecule has 10 heteroatoms. The van der Waals surface area contributed by atoms with Gasteiger partial charge in [0.1, 0.15) is 0 Å². The van der Waals surface area contributed by atoms with Crippen molar-refractivity contribution >= 4 is 38.4 Å². The fourth-order valence-corrected chi connectivity index (χ4v) is 5.05. The molecule has 0 saturated heterocycles. The van der Waals surface area contributed by atoms with Crippen LogP contribution < -0.4 is 10.0 Å². The lowest BCUT2D eigenvalue weighted by Crippen LogP contribution is -2.25. The second kappa shape index (κ2) is 8.81. The topological polar surface area (TPSA) is 114 Å². The minimum absolute atomic E-state index is 0.165. The number of hydrogen-bond acceptors (Lipinski definition) is 7. The number of rotatable bonds is 7. The monoisotopic (exact) mass is 470 g/mol. The number of aromatic nitrogens is 2. The molecule has 0 radical (unpaired) electrons. The molecule has 1 amide bonds. The molecule has 2 N–H and O–H groups in total. The van der Waals surface area contributed by atoms with Gasteiger partial charge in [-0.15, -0.1) is 11.3 Å². The molecule has 4 aromatic rings. The molecule has 0 atom stereocenters. The van der Waals surface area contributed by atoms with Crippen LogP contribution in [0, 0.1) is 13.8 Å².